The predicted octanol–water partition coefficient (Wildman–Crippen LogP) is 2.55. The molecule has 8 nitrogen and oxygen atoms in total. The fourth-order valence-electron chi connectivity index (χ4n) is 2.00. The maximum Gasteiger partial charge on any atom is 0.257 e. The van der Waals surface area contributed by atoms with Crippen molar-refractivity contribution in [2.24, 2.45) is 5.10 Å². The number of methoxy groups -OCH3 is 1. The minimum Gasteiger partial charge on any atom is -0.497 e. The molecule has 2 amide bonds. The van der Waals surface area contributed by atoms with E-state index >= 15 is 0 Å². The average molecular weight is 401 g/mol. The van der Waals surface area contributed by atoms with Crippen molar-refractivity contribution in [2.75, 3.05) is 12.4 Å². The molecule has 138 valence electrons. The van der Waals surface area contributed by atoms with E-state index < -0.39 is 0 Å². The van der Waals surface area contributed by atoms with Crippen molar-refractivity contribution in [1.29, 1.82) is 0 Å². The van der Waals surface area contributed by atoms with Crippen LogP contribution in [-0.4, -0.2) is 35.3 Å². The van der Waals surface area contributed by atoms with E-state index in [0.29, 0.717) is 21.5 Å². The Balaban J connectivity index is 1.51. The van der Waals surface area contributed by atoms with Gasteiger partial charge in [0.1, 0.15) is 10.8 Å². The van der Waals surface area contributed by atoms with Crippen LogP contribution in [0, 0.1) is 0 Å². The smallest absolute Gasteiger partial charge is 0.257 e. The molecular formula is C17H15N5O3S2. The Morgan fingerprint density at radius 3 is 2.74 bits per heavy atom. The molecule has 0 atom stereocenters. The molecular weight excluding hydrogens is 386 g/mol. The molecule has 10 heteroatoms. The number of amides is 2. The Kier molecular flexibility index (Phi) is 6.23. The normalized spacial score (nSPS) is 10.7. The van der Waals surface area contributed by atoms with Crippen LogP contribution in [0.1, 0.15) is 20.2 Å². The molecule has 0 aliphatic heterocycles. The lowest BCUT2D eigenvalue weighted by Gasteiger charge is -2.02. The number of nitrogens with one attached hydrogen (secondary N) is 2. The van der Waals surface area contributed by atoms with Gasteiger partial charge in [-0.3, -0.25) is 14.9 Å². The van der Waals surface area contributed by atoms with Crippen LogP contribution < -0.4 is 15.5 Å². The second-order valence-electron chi connectivity index (χ2n) is 5.17. The van der Waals surface area contributed by atoms with Gasteiger partial charge in [-0.25, -0.2) is 5.43 Å². The van der Waals surface area contributed by atoms with Gasteiger partial charge in [0.15, 0.2) is 0 Å². The van der Waals surface area contributed by atoms with E-state index in [1.165, 1.54) is 11.3 Å². The number of carbonyl (C=O) groups is 2. The number of aromatic nitrogens is 2. The van der Waals surface area contributed by atoms with Crippen molar-refractivity contribution in [3.63, 3.8) is 0 Å². The first-order chi connectivity index (χ1) is 13.1. The maximum atomic E-state index is 12.2. The van der Waals surface area contributed by atoms with Gasteiger partial charge in [-0.2, -0.15) is 5.10 Å². The van der Waals surface area contributed by atoms with Crippen molar-refractivity contribution in [3.8, 4) is 5.75 Å². The molecule has 3 rings (SSSR count). The lowest BCUT2D eigenvalue weighted by atomic mass is 10.2. The van der Waals surface area contributed by atoms with Crippen LogP contribution in [0.25, 0.3) is 0 Å². The quantitative estimate of drug-likeness (QED) is 0.468. The van der Waals surface area contributed by atoms with Crippen molar-refractivity contribution in [2.45, 2.75) is 6.42 Å². The third-order valence-corrected chi connectivity index (χ3v) is 4.92. The summed E-state index contributed by atoms with van der Waals surface area (Å²) in [6, 6.07) is 10.5. The zero-order valence-electron chi connectivity index (χ0n) is 14.2. The fraction of sp³-hybridized carbons (Fsp3) is 0.118. The molecule has 0 bridgehead atoms. The Hall–Kier alpha value is -3.11. The summed E-state index contributed by atoms with van der Waals surface area (Å²) >= 11 is 2.65. The minimum absolute atomic E-state index is 0.0256. The van der Waals surface area contributed by atoms with E-state index in [2.05, 4.69) is 26.0 Å². The highest BCUT2D eigenvalue weighted by Crippen LogP contribution is 2.18. The summed E-state index contributed by atoms with van der Waals surface area (Å²) in [7, 11) is 1.56. The van der Waals surface area contributed by atoms with Crippen LogP contribution >= 0.6 is 22.7 Å². The van der Waals surface area contributed by atoms with Gasteiger partial charge in [-0.05, 0) is 35.7 Å². The lowest BCUT2D eigenvalue weighted by Crippen LogP contribution is -2.19. The number of hydrogen-bond acceptors (Lipinski definition) is 8. The number of rotatable bonds is 7. The van der Waals surface area contributed by atoms with Gasteiger partial charge in [0.25, 0.3) is 5.91 Å². The summed E-state index contributed by atoms with van der Waals surface area (Å²) in [5.41, 5.74) is 2.90. The van der Waals surface area contributed by atoms with E-state index in [9.17, 15) is 9.59 Å². The number of carbonyl (C=O) groups excluding carboxylic acids is 2. The maximum absolute atomic E-state index is 12.2. The van der Waals surface area contributed by atoms with E-state index in [1.54, 1.807) is 37.6 Å². The molecule has 1 aromatic carbocycles. The van der Waals surface area contributed by atoms with Gasteiger partial charge in [-0.15, -0.1) is 21.5 Å². The van der Waals surface area contributed by atoms with Crippen LogP contribution in [0.3, 0.4) is 0 Å². The molecule has 2 heterocycles. The summed E-state index contributed by atoms with van der Waals surface area (Å²) in [5.74, 6) is 0.0369. The zero-order valence-corrected chi connectivity index (χ0v) is 15.8. The number of hydrazone groups is 1. The van der Waals surface area contributed by atoms with E-state index in [4.69, 9.17) is 4.74 Å². The van der Waals surface area contributed by atoms with Crippen LogP contribution in [0.2, 0.25) is 0 Å². The number of anilines is 1. The van der Waals surface area contributed by atoms with Crippen molar-refractivity contribution in [1.82, 2.24) is 15.6 Å². The molecule has 0 saturated carbocycles. The van der Waals surface area contributed by atoms with E-state index in [0.717, 1.165) is 16.2 Å². The summed E-state index contributed by atoms with van der Waals surface area (Å²) in [5, 5.41) is 17.1. The third-order valence-electron chi connectivity index (χ3n) is 3.28. The number of ether oxygens (including phenoxy) is 1. The molecule has 2 aromatic heterocycles. The predicted molar refractivity (Wildman–Crippen MR) is 105 cm³/mol. The van der Waals surface area contributed by atoms with Gasteiger partial charge in [0, 0.05) is 10.4 Å². The molecule has 0 unspecified atom stereocenters. The minimum atomic E-state index is -0.314. The molecule has 3 aromatic rings. The average Bonchev–Trinajstić information content (AvgIpc) is 3.34. The largest absolute Gasteiger partial charge is 0.497 e. The highest BCUT2D eigenvalue weighted by atomic mass is 32.1. The molecule has 0 aliphatic rings. The third kappa shape index (κ3) is 5.43. The molecule has 0 spiro atoms. The Morgan fingerprint density at radius 1 is 1.22 bits per heavy atom. The Bertz CT molecular complexity index is 936. The fourth-order valence-corrected chi connectivity index (χ4v) is 3.32. The second kappa shape index (κ2) is 9.01. The number of benzene rings is 1. The molecule has 27 heavy (non-hydrogen) atoms. The summed E-state index contributed by atoms with van der Waals surface area (Å²) in [4.78, 5) is 25.0. The number of nitrogens with zero attached hydrogens (tertiary/aromatic N) is 3. The van der Waals surface area contributed by atoms with Gasteiger partial charge in [0.05, 0.1) is 19.7 Å². The van der Waals surface area contributed by atoms with Gasteiger partial charge >= 0.3 is 0 Å². The Morgan fingerprint density at radius 2 is 2.04 bits per heavy atom. The monoisotopic (exact) mass is 401 g/mol. The van der Waals surface area contributed by atoms with Crippen molar-refractivity contribution < 1.29 is 14.3 Å². The molecule has 0 radical (unpaired) electrons. The van der Waals surface area contributed by atoms with E-state index in [-0.39, 0.29) is 18.2 Å². The topological polar surface area (TPSA) is 106 Å². The lowest BCUT2D eigenvalue weighted by molar-refractivity contribution is -0.120. The first-order valence-electron chi connectivity index (χ1n) is 7.77. The summed E-state index contributed by atoms with van der Waals surface area (Å²) in [6.45, 7) is 0. The SMILES string of the molecule is COc1ccc(C(=O)Nc2nnc(CC(=O)N/N=C/c3cccs3)s2)cc1. The number of hydrogen-bond donors (Lipinski definition) is 2. The standard InChI is InChI=1S/C17H15N5O3S2/c1-25-12-6-4-11(5-7-12)16(24)19-17-22-21-15(27-17)9-14(23)20-18-10-13-3-2-8-26-13/h2-8,10H,9H2,1H3,(H,20,23)(H,19,22,24)/b18-10+. The highest BCUT2D eigenvalue weighted by Gasteiger charge is 2.12. The van der Waals surface area contributed by atoms with Gasteiger partial charge in [-0.1, -0.05) is 17.4 Å². The van der Waals surface area contributed by atoms with Crippen molar-refractivity contribution >= 4 is 45.8 Å². The molecule has 2 N–H and O–H groups in total. The van der Waals surface area contributed by atoms with Crippen LogP contribution in [0.5, 0.6) is 5.75 Å². The summed E-state index contributed by atoms with van der Waals surface area (Å²) < 4.78 is 5.06. The second-order valence-corrected chi connectivity index (χ2v) is 7.21. The zero-order chi connectivity index (χ0) is 19.1. The van der Waals surface area contributed by atoms with Gasteiger partial charge in [0.2, 0.25) is 11.0 Å². The van der Waals surface area contributed by atoms with Gasteiger partial charge < -0.3 is 4.74 Å². The molecule has 0 aliphatic carbocycles. The van der Waals surface area contributed by atoms with Crippen LogP contribution in [0.4, 0.5) is 5.13 Å². The highest BCUT2D eigenvalue weighted by molar-refractivity contribution is 7.15. The molecule has 0 saturated heterocycles. The molecule has 0 fully saturated rings. The van der Waals surface area contributed by atoms with Crippen LogP contribution in [0.15, 0.2) is 46.9 Å². The van der Waals surface area contributed by atoms with Crippen molar-refractivity contribution in [3.05, 3.63) is 57.2 Å². The van der Waals surface area contributed by atoms with Crippen LogP contribution in [-0.2, 0) is 11.2 Å². The summed E-state index contributed by atoms with van der Waals surface area (Å²) in [6.07, 6.45) is 1.60. The first-order valence-corrected chi connectivity index (χ1v) is 9.47. The Labute approximate surface area is 162 Å². The van der Waals surface area contributed by atoms with E-state index in [1.807, 2.05) is 17.5 Å². The number of thiophene rings is 1. The first kappa shape index (κ1) is 18.7.